The van der Waals surface area contributed by atoms with Gasteiger partial charge in [0.15, 0.2) is 11.0 Å². The molecule has 0 N–H and O–H groups in total. The van der Waals surface area contributed by atoms with Gasteiger partial charge >= 0.3 is 0 Å². The highest BCUT2D eigenvalue weighted by molar-refractivity contribution is 6.03. The predicted octanol–water partition coefficient (Wildman–Crippen LogP) is 4.14. The second kappa shape index (κ2) is 4.55. The molecule has 0 bridgehead atoms. The summed E-state index contributed by atoms with van der Waals surface area (Å²) in [5, 5.41) is 2.61. The fourth-order valence-electron chi connectivity index (χ4n) is 2.95. The molecule has 4 rings (SSSR count). The largest absolute Gasteiger partial charge is 0.457 e. The van der Waals surface area contributed by atoms with Crippen molar-refractivity contribution in [3.05, 3.63) is 70.6 Å². The van der Waals surface area contributed by atoms with Crippen LogP contribution in [-0.2, 0) is 10.3 Å². The third kappa shape index (κ3) is 1.82. The molecule has 0 aliphatic carbocycles. The number of allylic oxidation sites excluding steroid dienone is 1. The highest BCUT2D eigenvalue weighted by atomic mass is 16.6. The van der Waals surface area contributed by atoms with Crippen molar-refractivity contribution in [2.45, 2.75) is 25.6 Å². The van der Waals surface area contributed by atoms with E-state index in [1.54, 1.807) is 6.07 Å². The molecular weight excluding hydrogens is 276 g/mol. The normalized spacial score (nSPS) is 24.4. The van der Waals surface area contributed by atoms with Gasteiger partial charge in [-0.15, -0.1) is 0 Å². The van der Waals surface area contributed by atoms with Gasteiger partial charge in [0, 0.05) is 11.5 Å². The Kier molecular flexibility index (Phi) is 2.75. The molecule has 2 heterocycles. The van der Waals surface area contributed by atoms with Crippen molar-refractivity contribution in [3.63, 3.8) is 0 Å². The summed E-state index contributed by atoms with van der Waals surface area (Å²) >= 11 is 0. The summed E-state index contributed by atoms with van der Waals surface area (Å²) in [6.07, 6.45) is 3.89. The molecule has 1 aliphatic rings. The van der Waals surface area contributed by atoms with Crippen LogP contribution in [0.15, 0.2) is 63.8 Å². The molecule has 0 radical (unpaired) electrons. The second-order valence-electron chi connectivity index (χ2n) is 5.81. The van der Waals surface area contributed by atoms with Gasteiger partial charge in [-0.25, -0.2) is 0 Å². The summed E-state index contributed by atoms with van der Waals surface area (Å²) in [6.45, 7) is 3.90. The molecule has 2 atom stereocenters. The van der Waals surface area contributed by atoms with E-state index in [4.69, 9.17) is 9.15 Å². The highest BCUT2D eigenvalue weighted by Crippen LogP contribution is 2.47. The van der Waals surface area contributed by atoms with Crippen molar-refractivity contribution in [2.24, 2.45) is 0 Å². The van der Waals surface area contributed by atoms with Gasteiger partial charge < -0.3 is 9.15 Å². The Morgan fingerprint density at radius 1 is 1.14 bits per heavy atom. The molecule has 3 heteroatoms. The number of benzene rings is 2. The van der Waals surface area contributed by atoms with Crippen LogP contribution in [0.4, 0.5) is 0 Å². The van der Waals surface area contributed by atoms with Crippen LogP contribution in [0.25, 0.3) is 21.7 Å². The van der Waals surface area contributed by atoms with Crippen LogP contribution in [0.3, 0.4) is 0 Å². The molecule has 0 spiro atoms. The smallest absolute Gasteiger partial charge is 0.193 e. The van der Waals surface area contributed by atoms with Gasteiger partial charge in [0.05, 0.1) is 5.39 Å². The lowest BCUT2D eigenvalue weighted by atomic mass is 10.0. The average Bonchev–Trinajstić information content (AvgIpc) is 3.19. The van der Waals surface area contributed by atoms with E-state index in [-0.39, 0.29) is 11.5 Å². The molecule has 3 aromatic rings. The Morgan fingerprint density at radius 2 is 1.95 bits per heavy atom. The Balaban J connectivity index is 1.99. The quantitative estimate of drug-likeness (QED) is 0.405. The Labute approximate surface area is 127 Å². The molecule has 0 saturated carbocycles. The van der Waals surface area contributed by atoms with E-state index in [1.165, 1.54) is 0 Å². The van der Waals surface area contributed by atoms with Crippen LogP contribution in [0.1, 0.15) is 19.6 Å². The van der Waals surface area contributed by atoms with Gasteiger partial charge in [-0.3, -0.25) is 4.79 Å². The Hall–Kier alpha value is -2.39. The van der Waals surface area contributed by atoms with Crippen LogP contribution < -0.4 is 5.43 Å². The lowest BCUT2D eigenvalue weighted by Gasteiger charge is -2.08. The van der Waals surface area contributed by atoms with Crippen molar-refractivity contribution < 1.29 is 9.15 Å². The van der Waals surface area contributed by atoms with Gasteiger partial charge in [0.25, 0.3) is 0 Å². The lowest BCUT2D eigenvalue weighted by Crippen LogP contribution is -2.11. The van der Waals surface area contributed by atoms with E-state index >= 15 is 0 Å². The molecule has 2 aromatic carbocycles. The van der Waals surface area contributed by atoms with E-state index in [2.05, 4.69) is 0 Å². The summed E-state index contributed by atoms with van der Waals surface area (Å²) < 4.78 is 11.8. The zero-order valence-electron chi connectivity index (χ0n) is 12.5. The number of fused-ring (bicyclic) bond motifs is 3. The molecule has 22 heavy (non-hydrogen) atoms. The van der Waals surface area contributed by atoms with E-state index < -0.39 is 5.60 Å². The van der Waals surface area contributed by atoms with Crippen LogP contribution in [0, 0.1) is 0 Å². The summed E-state index contributed by atoms with van der Waals surface area (Å²) in [6, 6.07) is 13.2. The number of hydrogen-bond donors (Lipinski definition) is 0. The molecule has 1 aromatic heterocycles. The molecule has 3 nitrogen and oxygen atoms in total. The van der Waals surface area contributed by atoms with Gasteiger partial charge in [-0.05, 0) is 25.3 Å². The first-order chi connectivity index (χ1) is 10.6. The third-order valence-electron chi connectivity index (χ3n) is 4.33. The fraction of sp³-hybridized carbons (Fsp3) is 0.211. The van der Waals surface area contributed by atoms with Gasteiger partial charge in [-0.2, -0.15) is 0 Å². The maximum absolute atomic E-state index is 12.4. The number of hydrogen-bond acceptors (Lipinski definition) is 3. The monoisotopic (exact) mass is 292 g/mol. The van der Waals surface area contributed by atoms with Gasteiger partial charge in [0.1, 0.15) is 17.4 Å². The molecule has 1 aliphatic heterocycles. The minimum absolute atomic E-state index is 0.0297. The standard InChI is InChI=1S/C19H16O3/c1-3-6-16-19(2,22-16)17-11-15(20)14-10-9-12-7-4-5-8-13(12)18(14)21-17/h3-11,16H,1-2H3/b6-3-/t16-,19-/m0/s1. The second-order valence-corrected chi connectivity index (χ2v) is 5.81. The molecule has 110 valence electrons. The minimum Gasteiger partial charge on any atom is -0.457 e. The molecule has 1 saturated heterocycles. The third-order valence-corrected chi connectivity index (χ3v) is 4.33. The van der Waals surface area contributed by atoms with Crippen molar-refractivity contribution >= 4 is 21.7 Å². The topological polar surface area (TPSA) is 42.7 Å². The van der Waals surface area contributed by atoms with E-state index in [1.807, 2.05) is 62.4 Å². The number of rotatable bonds is 2. The molecule has 1 fully saturated rings. The molecule has 0 unspecified atom stereocenters. The molecular formula is C19H16O3. The van der Waals surface area contributed by atoms with Crippen molar-refractivity contribution in [1.82, 2.24) is 0 Å². The first-order valence-corrected chi connectivity index (χ1v) is 7.40. The summed E-state index contributed by atoms with van der Waals surface area (Å²) in [4.78, 5) is 12.4. The zero-order valence-corrected chi connectivity index (χ0v) is 12.5. The van der Waals surface area contributed by atoms with Gasteiger partial charge in [0.2, 0.25) is 0 Å². The highest BCUT2D eigenvalue weighted by Gasteiger charge is 2.54. The number of epoxide rings is 1. The van der Waals surface area contributed by atoms with E-state index in [9.17, 15) is 4.79 Å². The van der Waals surface area contributed by atoms with Gasteiger partial charge in [-0.1, -0.05) is 42.5 Å². The zero-order chi connectivity index (χ0) is 15.3. The maximum atomic E-state index is 12.4. The van der Waals surface area contributed by atoms with Crippen LogP contribution in [-0.4, -0.2) is 6.10 Å². The number of ether oxygens (including phenoxy) is 1. The van der Waals surface area contributed by atoms with Crippen molar-refractivity contribution in [2.75, 3.05) is 0 Å². The van der Waals surface area contributed by atoms with Crippen LogP contribution in [0.2, 0.25) is 0 Å². The van der Waals surface area contributed by atoms with Crippen LogP contribution in [0.5, 0.6) is 0 Å². The fourth-order valence-corrected chi connectivity index (χ4v) is 2.95. The first-order valence-electron chi connectivity index (χ1n) is 7.40. The van der Waals surface area contributed by atoms with Crippen molar-refractivity contribution in [1.29, 1.82) is 0 Å². The average molecular weight is 292 g/mol. The van der Waals surface area contributed by atoms with Crippen molar-refractivity contribution in [3.8, 4) is 0 Å². The Bertz CT molecular complexity index is 967. The molecule has 0 amide bonds. The summed E-state index contributed by atoms with van der Waals surface area (Å²) in [7, 11) is 0. The first kappa shape index (κ1) is 13.3. The van der Waals surface area contributed by atoms with E-state index in [0.29, 0.717) is 16.7 Å². The minimum atomic E-state index is -0.545. The lowest BCUT2D eigenvalue weighted by molar-refractivity contribution is 0.283. The SMILES string of the molecule is C/C=C\[C@@H]1O[C@]1(C)c1cc(=O)c2ccc3ccccc3c2o1. The predicted molar refractivity (Wildman–Crippen MR) is 87.0 cm³/mol. The van der Waals surface area contributed by atoms with E-state index in [0.717, 1.165) is 10.8 Å². The summed E-state index contributed by atoms with van der Waals surface area (Å²) in [5.74, 6) is 0.587. The maximum Gasteiger partial charge on any atom is 0.193 e. The Morgan fingerprint density at radius 3 is 2.77 bits per heavy atom. The summed E-state index contributed by atoms with van der Waals surface area (Å²) in [5.41, 5.74) is 0.0612. The van der Waals surface area contributed by atoms with Crippen LogP contribution >= 0.6 is 0 Å².